The highest BCUT2D eigenvalue weighted by molar-refractivity contribution is 5.95. The van der Waals surface area contributed by atoms with Gasteiger partial charge in [-0.15, -0.1) is 0 Å². The molecule has 1 unspecified atom stereocenters. The lowest BCUT2D eigenvalue weighted by molar-refractivity contribution is -0.143. The summed E-state index contributed by atoms with van der Waals surface area (Å²) in [5, 5.41) is 11.6. The number of benzene rings is 2. The van der Waals surface area contributed by atoms with Crippen LogP contribution >= 0.6 is 0 Å². The highest BCUT2D eigenvalue weighted by atomic mass is 16.5. The Balaban J connectivity index is 1.58. The van der Waals surface area contributed by atoms with Crippen LogP contribution in [0.5, 0.6) is 0 Å². The van der Waals surface area contributed by atoms with Gasteiger partial charge in [0.1, 0.15) is 24.9 Å². The summed E-state index contributed by atoms with van der Waals surface area (Å²) >= 11 is 0. The average Bonchev–Trinajstić information content (AvgIpc) is 3.08. The van der Waals surface area contributed by atoms with Crippen molar-refractivity contribution in [1.82, 2.24) is 5.32 Å². The molecule has 2 aromatic rings. The zero-order chi connectivity index (χ0) is 22.4. The second-order valence-electron chi connectivity index (χ2n) is 7.19. The van der Waals surface area contributed by atoms with Gasteiger partial charge >= 0.3 is 18.0 Å². The highest BCUT2D eigenvalue weighted by Crippen LogP contribution is 2.44. The molecule has 8 heteroatoms. The van der Waals surface area contributed by atoms with E-state index in [0.717, 1.165) is 29.4 Å². The van der Waals surface area contributed by atoms with Gasteiger partial charge in [-0.25, -0.2) is 9.59 Å². The van der Waals surface area contributed by atoms with Gasteiger partial charge in [-0.1, -0.05) is 48.5 Å². The number of methoxy groups -OCH3 is 1. The van der Waals surface area contributed by atoms with Crippen LogP contribution in [0.3, 0.4) is 0 Å². The average molecular weight is 425 g/mol. The second-order valence-corrected chi connectivity index (χ2v) is 7.19. The molecule has 1 amide bonds. The Hall–Kier alpha value is -3.68. The van der Waals surface area contributed by atoms with Crippen molar-refractivity contribution in [2.75, 3.05) is 13.7 Å². The quantitative estimate of drug-likeness (QED) is 0.468. The van der Waals surface area contributed by atoms with Gasteiger partial charge in [-0.05, 0) is 28.7 Å². The monoisotopic (exact) mass is 425 g/mol. The van der Waals surface area contributed by atoms with Crippen molar-refractivity contribution >= 4 is 23.8 Å². The number of alkyl carbamates (subject to hydrolysis) is 1. The van der Waals surface area contributed by atoms with Gasteiger partial charge in [0.2, 0.25) is 0 Å². The Kier molecular flexibility index (Phi) is 7.02. The smallest absolute Gasteiger partial charge is 0.407 e. The number of amides is 1. The molecule has 162 valence electrons. The Morgan fingerprint density at radius 3 is 2.13 bits per heavy atom. The van der Waals surface area contributed by atoms with Crippen LogP contribution in [0.2, 0.25) is 0 Å². The van der Waals surface area contributed by atoms with Crippen molar-refractivity contribution in [3.05, 3.63) is 59.7 Å². The van der Waals surface area contributed by atoms with Gasteiger partial charge < -0.3 is 19.9 Å². The Bertz CT molecular complexity index is 955. The standard InChI is InChI=1S/C23H23NO7/c1-30-21(26)12-14(25)10-11-20(22(27)28)24-23(29)31-13-19-17-8-4-2-6-15(17)16-7-3-5-9-18(16)19/h2-9,19-20H,10-13H2,1H3,(H,24,29)(H,27,28). The Morgan fingerprint density at radius 1 is 1.00 bits per heavy atom. The van der Waals surface area contributed by atoms with Crippen LogP contribution in [-0.2, 0) is 23.9 Å². The molecule has 2 N–H and O–H groups in total. The molecule has 0 aliphatic heterocycles. The van der Waals surface area contributed by atoms with Gasteiger partial charge in [-0.3, -0.25) is 9.59 Å². The molecule has 3 rings (SSSR count). The number of ether oxygens (including phenoxy) is 2. The van der Waals surface area contributed by atoms with Gasteiger partial charge in [0, 0.05) is 12.3 Å². The minimum atomic E-state index is -1.31. The number of carboxylic acids is 1. The third kappa shape index (κ3) is 5.28. The number of Topliss-reactive ketones (excluding diaryl/α,β-unsaturated/α-hetero) is 1. The van der Waals surface area contributed by atoms with E-state index in [1.165, 1.54) is 0 Å². The van der Waals surface area contributed by atoms with E-state index < -0.39 is 36.3 Å². The summed E-state index contributed by atoms with van der Waals surface area (Å²) in [6.07, 6.45) is -1.66. The lowest BCUT2D eigenvalue weighted by atomic mass is 9.98. The molecule has 0 saturated carbocycles. The lowest BCUT2D eigenvalue weighted by Crippen LogP contribution is -2.41. The van der Waals surface area contributed by atoms with Crippen molar-refractivity contribution < 1.29 is 33.8 Å². The van der Waals surface area contributed by atoms with Crippen LogP contribution in [0.4, 0.5) is 4.79 Å². The lowest BCUT2D eigenvalue weighted by Gasteiger charge is -2.17. The van der Waals surface area contributed by atoms with E-state index in [9.17, 15) is 24.3 Å². The van der Waals surface area contributed by atoms with E-state index in [2.05, 4.69) is 10.1 Å². The number of rotatable bonds is 9. The minimum absolute atomic E-state index is 0.0491. The molecule has 0 heterocycles. The summed E-state index contributed by atoms with van der Waals surface area (Å²) in [7, 11) is 1.16. The van der Waals surface area contributed by atoms with E-state index in [0.29, 0.717) is 0 Å². The number of esters is 1. The number of hydrogen-bond donors (Lipinski definition) is 2. The molecular weight excluding hydrogens is 402 g/mol. The predicted molar refractivity (Wildman–Crippen MR) is 111 cm³/mol. The van der Waals surface area contributed by atoms with Gasteiger partial charge in [0.15, 0.2) is 0 Å². The first-order chi connectivity index (χ1) is 14.9. The summed E-state index contributed by atoms with van der Waals surface area (Å²) in [4.78, 5) is 46.5. The molecule has 0 spiro atoms. The van der Waals surface area contributed by atoms with Gasteiger partial charge in [0.25, 0.3) is 0 Å². The second kappa shape index (κ2) is 9.88. The molecule has 31 heavy (non-hydrogen) atoms. The van der Waals surface area contributed by atoms with E-state index in [1.54, 1.807) is 0 Å². The molecule has 0 radical (unpaired) electrons. The molecular formula is C23H23NO7. The molecule has 1 aliphatic rings. The Labute approximate surface area is 179 Å². The number of carbonyl (C=O) groups excluding carboxylic acids is 3. The van der Waals surface area contributed by atoms with E-state index in [-0.39, 0.29) is 25.4 Å². The summed E-state index contributed by atoms with van der Waals surface area (Å²) < 4.78 is 9.74. The molecule has 1 atom stereocenters. The number of carbonyl (C=O) groups is 4. The number of carboxylic acid groups (broad SMARTS) is 1. The van der Waals surface area contributed by atoms with Crippen LogP contribution < -0.4 is 5.32 Å². The van der Waals surface area contributed by atoms with Crippen LogP contribution in [0.1, 0.15) is 36.3 Å². The summed E-state index contributed by atoms with van der Waals surface area (Å²) in [5.74, 6) is -2.60. The zero-order valence-corrected chi connectivity index (χ0v) is 17.0. The van der Waals surface area contributed by atoms with Crippen molar-refractivity contribution in [2.45, 2.75) is 31.2 Å². The molecule has 8 nitrogen and oxygen atoms in total. The summed E-state index contributed by atoms with van der Waals surface area (Å²) in [5.41, 5.74) is 4.25. The first-order valence-corrected chi connectivity index (χ1v) is 9.83. The topological polar surface area (TPSA) is 119 Å². The van der Waals surface area contributed by atoms with Gasteiger partial charge in [0.05, 0.1) is 7.11 Å². The van der Waals surface area contributed by atoms with Gasteiger partial charge in [-0.2, -0.15) is 0 Å². The summed E-state index contributed by atoms with van der Waals surface area (Å²) in [6, 6.07) is 14.4. The fraction of sp³-hybridized carbons (Fsp3) is 0.304. The Morgan fingerprint density at radius 2 is 1.58 bits per heavy atom. The highest BCUT2D eigenvalue weighted by Gasteiger charge is 2.30. The van der Waals surface area contributed by atoms with Crippen molar-refractivity contribution in [3.8, 4) is 11.1 Å². The molecule has 2 aromatic carbocycles. The molecule has 1 aliphatic carbocycles. The molecule has 0 fully saturated rings. The molecule has 0 bridgehead atoms. The zero-order valence-electron chi connectivity index (χ0n) is 17.0. The van der Waals surface area contributed by atoms with Crippen LogP contribution in [0, 0.1) is 0 Å². The first kappa shape index (κ1) is 22.0. The maximum Gasteiger partial charge on any atom is 0.407 e. The predicted octanol–water partition coefficient (Wildman–Crippen LogP) is 2.89. The van der Waals surface area contributed by atoms with E-state index in [1.807, 2.05) is 48.5 Å². The van der Waals surface area contributed by atoms with Crippen LogP contribution in [-0.4, -0.2) is 48.7 Å². The van der Waals surface area contributed by atoms with Crippen molar-refractivity contribution in [3.63, 3.8) is 0 Å². The fourth-order valence-corrected chi connectivity index (χ4v) is 3.67. The SMILES string of the molecule is COC(=O)CC(=O)CCC(NC(=O)OCC1c2ccccc2-c2ccccc21)C(=O)O. The number of aliphatic carboxylic acids is 1. The fourth-order valence-electron chi connectivity index (χ4n) is 3.67. The van der Waals surface area contributed by atoms with Crippen molar-refractivity contribution in [1.29, 1.82) is 0 Å². The van der Waals surface area contributed by atoms with E-state index >= 15 is 0 Å². The van der Waals surface area contributed by atoms with Crippen LogP contribution in [0.25, 0.3) is 11.1 Å². The minimum Gasteiger partial charge on any atom is -0.480 e. The third-order valence-electron chi connectivity index (χ3n) is 5.21. The van der Waals surface area contributed by atoms with Crippen LogP contribution in [0.15, 0.2) is 48.5 Å². The number of hydrogen-bond acceptors (Lipinski definition) is 6. The largest absolute Gasteiger partial charge is 0.480 e. The maximum atomic E-state index is 12.3. The number of ketones is 1. The van der Waals surface area contributed by atoms with E-state index in [4.69, 9.17) is 4.74 Å². The maximum absolute atomic E-state index is 12.3. The number of fused-ring (bicyclic) bond motifs is 3. The molecule has 0 aromatic heterocycles. The third-order valence-corrected chi connectivity index (χ3v) is 5.21. The first-order valence-electron chi connectivity index (χ1n) is 9.83. The number of nitrogens with one attached hydrogen (secondary N) is 1. The summed E-state index contributed by atoms with van der Waals surface area (Å²) in [6.45, 7) is 0.0491. The molecule has 0 saturated heterocycles. The van der Waals surface area contributed by atoms with Crippen molar-refractivity contribution in [2.24, 2.45) is 0 Å². The normalized spacial score (nSPS) is 12.9.